The van der Waals surface area contributed by atoms with Gasteiger partial charge in [0, 0.05) is 17.3 Å². The molecule has 2 atom stereocenters. The normalized spacial score (nSPS) is 14.9. The molecule has 8 nitrogen and oxygen atoms in total. The molecule has 0 spiro atoms. The van der Waals surface area contributed by atoms with Gasteiger partial charge >= 0.3 is 0 Å². The number of hydrogen-bond donors (Lipinski definition) is 2. The van der Waals surface area contributed by atoms with E-state index in [0.717, 1.165) is 24.8 Å². The van der Waals surface area contributed by atoms with E-state index in [1.807, 2.05) is 41.2 Å². The second-order valence-corrected chi connectivity index (χ2v) is 10.9. The maximum atomic E-state index is 10.0. The molecule has 1 saturated carbocycles. The Morgan fingerprint density at radius 3 is 2.62 bits per heavy atom. The Hall–Kier alpha value is -4.86. The zero-order chi connectivity index (χ0) is 29.3. The standard InChI is InChI=1S/C32H26BClN8/c1-2-28(21-8-4-3-5-9-21)38-30-22(17-36)18-37-31-26(30)14-24(15-27(31)34)39-32(33,23-10-6-7-20(13-23)16-35)29-19-42(41-40-29)25-11-12-25/h3-10,13-15,18-19,25,28,39H,2,11-12H2,1H3,(H,37,38)/t28-,32?/m1/s1. The second kappa shape index (κ2) is 11.2. The number of benzene rings is 3. The van der Waals surface area contributed by atoms with Crippen molar-refractivity contribution in [3.63, 3.8) is 0 Å². The highest BCUT2D eigenvalue weighted by atomic mass is 35.5. The molecule has 5 aromatic rings. The number of nitrogens with zero attached hydrogens (tertiary/aromatic N) is 6. The summed E-state index contributed by atoms with van der Waals surface area (Å²) in [6.45, 7) is 2.09. The van der Waals surface area contributed by atoms with Gasteiger partial charge < -0.3 is 10.6 Å². The van der Waals surface area contributed by atoms with Crippen molar-refractivity contribution >= 4 is 41.7 Å². The molecule has 0 saturated heterocycles. The third kappa shape index (κ3) is 5.16. The SMILES string of the molecule is [B]C(Nc1cc(Cl)c2ncc(C#N)c(N[C@H](CC)c3ccccc3)c2c1)(c1cccc(C#N)c1)c1cn(C2CC2)nn1. The zero-order valence-electron chi connectivity index (χ0n) is 22.9. The van der Waals surface area contributed by atoms with Crippen molar-refractivity contribution < 1.29 is 0 Å². The molecule has 2 aromatic heterocycles. The minimum atomic E-state index is -1.35. The van der Waals surface area contributed by atoms with Crippen molar-refractivity contribution in [3.05, 3.63) is 112 Å². The number of anilines is 2. The highest BCUT2D eigenvalue weighted by molar-refractivity contribution is 6.36. The summed E-state index contributed by atoms with van der Waals surface area (Å²) < 4.78 is 1.83. The molecule has 0 aliphatic heterocycles. The molecule has 1 fully saturated rings. The van der Waals surface area contributed by atoms with Crippen LogP contribution < -0.4 is 10.6 Å². The van der Waals surface area contributed by atoms with Crippen LogP contribution >= 0.6 is 11.6 Å². The van der Waals surface area contributed by atoms with Crippen LogP contribution in [0.15, 0.2) is 79.1 Å². The molecule has 204 valence electrons. The molecular weight excluding hydrogens is 543 g/mol. The van der Waals surface area contributed by atoms with E-state index in [4.69, 9.17) is 19.4 Å². The van der Waals surface area contributed by atoms with Crippen LogP contribution in [0.4, 0.5) is 11.4 Å². The van der Waals surface area contributed by atoms with Crippen LogP contribution in [0.5, 0.6) is 0 Å². The van der Waals surface area contributed by atoms with Gasteiger partial charge in [-0.3, -0.25) is 4.98 Å². The lowest BCUT2D eigenvalue weighted by Gasteiger charge is -2.32. The fourth-order valence-corrected chi connectivity index (χ4v) is 5.44. The first-order chi connectivity index (χ1) is 20.4. The Labute approximate surface area is 250 Å². The highest BCUT2D eigenvalue weighted by Crippen LogP contribution is 2.39. The topological polar surface area (TPSA) is 115 Å². The third-order valence-corrected chi connectivity index (χ3v) is 7.89. The number of halogens is 1. The van der Waals surface area contributed by atoms with Crippen molar-refractivity contribution in [1.29, 1.82) is 10.5 Å². The number of nitrogens with one attached hydrogen (secondary N) is 2. The fraction of sp³-hybridized carbons (Fsp3) is 0.219. The number of fused-ring (bicyclic) bond motifs is 1. The summed E-state index contributed by atoms with van der Waals surface area (Å²) in [7, 11) is 7.13. The Bertz CT molecular complexity index is 1850. The minimum Gasteiger partial charge on any atom is -0.378 e. The van der Waals surface area contributed by atoms with Crippen molar-refractivity contribution in [1.82, 2.24) is 20.0 Å². The Morgan fingerprint density at radius 1 is 1.10 bits per heavy atom. The summed E-state index contributed by atoms with van der Waals surface area (Å²) in [4.78, 5) is 4.51. The van der Waals surface area contributed by atoms with E-state index >= 15 is 0 Å². The molecule has 2 radical (unpaired) electrons. The summed E-state index contributed by atoms with van der Waals surface area (Å²) in [5.41, 5.74) is 3.54. The highest BCUT2D eigenvalue weighted by Gasteiger charge is 2.34. The van der Waals surface area contributed by atoms with Crippen LogP contribution in [-0.2, 0) is 5.44 Å². The molecule has 1 unspecified atom stereocenters. The molecule has 10 heteroatoms. The number of rotatable bonds is 9. The molecule has 0 amide bonds. The van der Waals surface area contributed by atoms with Crippen LogP contribution in [0.1, 0.15) is 66.2 Å². The minimum absolute atomic E-state index is 0.0425. The first kappa shape index (κ1) is 27.3. The average Bonchev–Trinajstić information content (AvgIpc) is 3.75. The van der Waals surface area contributed by atoms with Gasteiger partial charge in [0.2, 0.25) is 0 Å². The summed E-state index contributed by atoms with van der Waals surface area (Å²) in [6, 6.07) is 25.6. The smallest absolute Gasteiger partial charge is 0.119 e. The van der Waals surface area contributed by atoms with Gasteiger partial charge in [0.1, 0.15) is 19.6 Å². The van der Waals surface area contributed by atoms with Gasteiger partial charge in [0.15, 0.2) is 0 Å². The van der Waals surface area contributed by atoms with E-state index < -0.39 is 5.44 Å². The van der Waals surface area contributed by atoms with Crippen LogP contribution in [0.3, 0.4) is 0 Å². The predicted octanol–water partition coefficient (Wildman–Crippen LogP) is 6.60. The first-order valence-electron chi connectivity index (χ1n) is 13.8. The fourth-order valence-electron chi connectivity index (χ4n) is 5.17. The molecular formula is C32H26BClN8. The maximum Gasteiger partial charge on any atom is 0.119 e. The second-order valence-electron chi connectivity index (χ2n) is 10.5. The zero-order valence-corrected chi connectivity index (χ0v) is 23.7. The van der Waals surface area contributed by atoms with E-state index in [1.165, 1.54) is 6.20 Å². The van der Waals surface area contributed by atoms with Gasteiger partial charge in [-0.15, -0.1) is 5.10 Å². The molecule has 3 aromatic carbocycles. The third-order valence-electron chi connectivity index (χ3n) is 7.60. The Balaban J connectivity index is 1.47. The Morgan fingerprint density at radius 2 is 1.90 bits per heavy atom. The van der Waals surface area contributed by atoms with E-state index in [1.54, 1.807) is 24.3 Å². The lowest BCUT2D eigenvalue weighted by molar-refractivity contribution is 0.610. The Kier molecular flexibility index (Phi) is 7.28. The van der Waals surface area contributed by atoms with E-state index in [9.17, 15) is 10.5 Å². The average molecular weight is 569 g/mol. The van der Waals surface area contributed by atoms with Gasteiger partial charge in [0.25, 0.3) is 0 Å². The summed E-state index contributed by atoms with van der Waals surface area (Å²) in [6.07, 6.45) is 6.27. The first-order valence-corrected chi connectivity index (χ1v) is 14.1. The number of hydrogen-bond acceptors (Lipinski definition) is 7. The monoisotopic (exact) mass is 568 g/mol. The molecule has 1 aliphatic rings. The lowest BCUT2D eigenvalue weighted by Crippen LogP contribution is -2.38. The van der Waals surface area contributed by atoms with E-state index in [-0.39, 0.29) is 6.04 Å². The summed E-state index contributed by atoms with van der Waals surface area (Å²) in [5.74, 6) is 0. The summed E-state index contributed by atoms with van der Waals surface area (Å²) >= 11 is 6.81. The van der Waals surface area contributed by atoms with Gasteiger partial charge in [0.05, 0.1) is 57.1 Å². The van der Waals surface area contributed by atoms with E-state index in [0.29, 0.717) is 55.7 Å². The van der Waals surface area contributed by atoms with E-state index in [2.05, 4.69) is 57.1 Å². The number of pyridine rings is 1. The van der Waals surface area contributed by atoms with Crippen molar-refractivity contribution in [2.75, 3.05) is 10.6 Å². The predicted molar refractivity (Wildman–Crippen MR) is 164 cm³/mol. The maximum absolute atomic E-state index is 10.0. The van der Waals surface area contributed by atoms with Crippen LogP contribution in [0, 0.1) is 22.7 Å². The van der Waals surface area contributed by atoms with Gasteiger partial charge in [-0.05, 0) is 54.7 Å². The lowest BCUT2D eigenvalue weighted by atomic mass is 9.69. The van der Waals surface area contributed by atoms with Gasteiger partial charge in [-0.1, -0.05) is 66.2 Å². The van der Waals surface area contributed by atoms with Gasteiger partial charge in [-0.2, -0.15) is 10.5 Å². The van der Waals surface area contributed by atoms with Gasteiger partial charge in [-0.25, -0.2) is 4.68 Å². The van der Waals surface area contributed by atoms with Crippen LogP contribution in [0.2, 0.25) is 5.02 Å². The largest absolute Gasteiger partial charge is 0.378 e. The molecule has 0 bridgehead atoms. The molecule has 2 heterocycles. The molecule has 2 N–H and O–H groups in total. The molecule has 42 heavy (non-hydrogen) atoms. The van der Waals surface area contributed by atoms with Crippen molar-refractivity contribution in [2.24, 2.45) is 0 Å². The molecule has 6 rings (SSSR count). The quantitative estimate of drug-likeness (QED) is 0.192. The van der Waals surface area contributed by atoms with Crippen molar-refractivity contribution in [2.45, 2.75) is 43.7 Å². The van der Waals surface area contributed by atoms with Crippen molar-refractivity contribution in [3.8, 4) is 12.1 Å². The van der Waals surface area contributed by atoms with Crippen LogP contribution in [0.25, 0.3) is 10.9 Å². The van der Waals surface area contributed by atoms with Crippen LogP contribution in [-0.4, -0.2) is 27.8 Å². The molecule has 1 aliphatic carbocycles. The number of aromatic nitrogens is 4. The number of nitriles is 2. The summed E-state index contributed by atoms with van der Waals surface area (Å²) in [5, 5.41) is 36.4.